The van der Waals surface area contributed by atoms with Crippen molar-refractivity contribution in [3.63, 3.8) is 0 Å². The fourth-order valence-corrected chi connectivity index (χ4v) is 2.31. The van der Waals surface area contributed by atoms with E-state index in [1.165, 1.54) is 5.56 Å². The highest BCUT2D eigenvalue weighted by Crippen LogP contribution is 2.19. The highest BCUT2D eigenvalue weighted by Gasteiger charge is 1.95. The highest BCUT2D eigenvalue weighted by atomic mass is 79.9. The minimum absolute atomic E-state index is 0. The van der Waals surface area contributed by atoms with Crippen molar-refractivity contribution < 1.29 is 0 Å². The molecule has 0 radical (unpaired) electrons. The van der Waals surface area contributed by atoms with E-state index >= 15 is 0 Å². The molecule has 68 valence electrons. The predicted octanol–water partition coefficient (Wildman–Crippen LogP) is 3.13. The molecule has 1 aromatic rings. The summed E-state index contributed by atoms with van der Waals surface area (Å²) >= 11 is 6.82. The Kier molecular flexibility index (Phi) is 6.19. The van der Waals surface area contributed by atoms with Crippen LogP contribution >= 0.6 is 44.3 Å². The lowest BCUT2D eigenvalue weighted by Crippen LogP contribution is -2.02. The Morgan fingerprint density at radius 3 is 2.00 bits per heavy atom. The van der Waals surface area contributed by atoms with Gasteiger partial charge in [0.15, 0.2) is 0 Å². The van der Waals surface area contributed by atoms with Crippen molar-refractivity contribution >= 4 is 44.3 Å². The Hall–Kier alpha value is 0.430. The van der Waals surface area contributed by atoms with E-state index in [0.29, 0.717) is 6.54 Å². The molecule has 0 spiro atoms. The molecule has 0 saturated heterocycles. The Labute approximate surface area is 95.4 Å². The molecule has 2 N–H and O–H groups in total. The Bertz CT molecular complexity index is 233. The zero-order valence-corrected chi connectivity index (χ0v) is 10.4. The summed E-state index contributed by atoms with van der Waals surface area (Å²) in [6, 6.07) is 6.18. The Balaban J connectivity index is 0.00000121. The van der Waals surface area contributed by atoms with Gasteiger partial charge in [-0.1, -0.05) is 31.9 Å². The van der Waals surface area contributed by atoms with Crippen LogP contribution in [0.2, 0.25) is 0 Å². The third-order valence-electron chi connectivity index (χ3n) is 1.36. The quantitative estimate of drug-likeness (QED) is 0.891. The lowest BCUT2D eigenvalue weighted by atomic mass is 10.2. The van der Waals surface area contributed by atoms with Crippen LogP contribution in [-0.4, -0.2) is 6.54 Å². The molecule has 1 nitrogen and oxygen atoms in total. The number of nitrogens with two attached hydrogens (primary N) is 1. The van der Waals surface area contributed by atoms with Crippen LogP contribution in [0.1, 0.15) is 5.56 Å². The Morgan fingerprint density at radius 1 is 1.08 bits per heavy atom. The van der Waals surface area contributed by atoms with Crippen LogP contribution in [0.4, 0.5) is 0 Å². The third kappa shape index (κ3) is 3.90. The Morgan fingerprint density at radius 2 is 1.58 bits per heavy atom. The standard InChI is InChI=1S/C8H9Br2N.ClH/c9-7-3-6(1-2-11)4-8(10)5-7;/h3-5H,1-2,11H2;1H. The molecule has 0 aliphatic rings. The second-order valence-corrected chi connectivity index (χ2v) is 4.15. The largest absolute Gasteiger partial charge is 0.330 e. The van der Waals surface area contributed by atoms with Gasteiger partial charge in [-0.2, -0.15) is 0 Å². The van der Waals surface area contributed by atoms with Crippen molar-refractivity contribution in [2.45, 2.75) is 6.42 Å². The van der Waals surface area contributed by atoms with E-state index in [1.807, 2.05) is 6.07 Å². The van der Waals surface area contributed by atoms with Crippen molar-refractivity contribution in [3.05, 3.63) is 32.7 Å². The van der Waals surface area contributed by atoms with E-state index in [9.17, 15) is 0 Å². The van der Waals surface area contributed by atoms with Crippen LogP contribution in [0.3, 0.4) is 0 Å². The SMILES string of the molecule is Cl.NCCc1cc(Br)cc(Br)c1. The van der Waals surface area contributed by atoms with Crippen LogP contribution in [0.5, 0.6) is 0 Å². The van der Waals surface area contributed by atoms with E-state index < -0.39 is 0 Å². The van der Waals surface area contributed by atoms with Crippen molar-refractivity contribution in [2.75, 3.05) is 6.54 Å². The second-order valence-electron chi connectivity index (χ2n) is 2.32. The first-order chi connectivity index (χ1) is 5.22. The molecule has 0 bridgehead atoms. The van der Waals surface area contributed by atoms with E-state index in [2.05, 4.69) is 44.0 Å². The molecule has 0 amide bonds. The summed E-state index contributed by atoms with van der Waals surface area (Å²) < 4.78 is 2.19. The first-order valence-electron chi connectivity index (χ1n) is 3.37. The van der Waals surface area contributed by atoms with Crippen molar-refractivity contribution in [1.82, 2.24) is 0 Å². The van der Waals surface area contributed by atoms with Gasteiger partial charge in [0.05, 0.1) is 0 Å². The zero-order chi connectivity index (χ0) is 8.27. The average Bonchev–Trinajstić information content (AvgIpc) is 1.85. The molecule has 12 heavy (non-hydrogen) atoms. The maximum Gasteiger partial charge on any atom is 0.0189 e. The summed E-state index contributed by atoms with van der Waals surface area (Å²) in [4.78, 5) is 0. The van der Waals surface area contributed by atoms with Crippen LogP contribution in [0.25, 0.3) is 0 Å². The van der Waals surface area contributed by atoms with Crippen molar-refractivity contribution in [3.8, 4) is 0 Å². The average molecular weight is 315 g/mol. The number of hydrogen-bond donors (Lipinski definition) is 1. The second kappa shape index (κ2) is 5.97. The van der Waals surface area contributed by atoms with Gasteiger partial charge >= 0.3 is 0 Å². The molecule has 0 aliphatic heterocycles. The summed E-state index contributed by atoms with van der Waals surface area (Å²) in [6.07, 6.45) is 0.929. The van der Waals surface area contributed by atoms with Gasteiger partial charge in [-0.15, -0.1) is 12.4 Å². The number of benzene rings is 1. The van der Waals surface area contributed by atoms with Gasteiger partial charge in [-0.05, 0) is 36.7 Å². The molecule has 1 rings (SSSR count). The smallest absolute Gasteiger partial charge is 0.0189 e. The molecule has 0 aromatic heterocycles. The highest BCUT2D eigenvalue weighted by molar-refractivity contribution is 9.11. The fourth-order valence-electron chi connectivity index (χ4n) is 0.922. The van der Waals surface area contributed by atoms with Gasteiger partial charge in [0.2, 0.25) is 0 Å². The van der Waals surface area contributed by atoms with Gasteiger partial charge in [0.25, 0.3) is 0 Å². The number of hydrogen-bond acceptors (Lipinski definition) is 1. The molecule has 0 fully saturated rings. The first kappa shape index (κ1) is 12.4. The van der Waals surface area contributed by atoms with Gasteiger partial charge in [-0.25, -0.2) is 0 Å². The topological polar surface area (TPSA) is 26.0 Å². The monoisotopic (exact) mass is 313 g/mol. The summed E-state index contributed by atoms with van der Waals surface area (Å²) in [6.45, 7) is 0.697. The summed E-state index contributed by atoms with van der Waals surface area (Å²) in [5, 5.41) is 0. The van der Waals surface area contributed by atoms with Gasteiger partial charge in [0.1, 0.15) is 0 Å². The zero-order valence-electron chi connectivity index (χ0n) is 6.39. The van der Waals surface area contributed by atoms with Crippen molar-refractivity contribution in [1.29, 1.82) is 0 Å². The van der Waals surface area contributed by atoms with E-state index in [0.717, 1.165) is 15.4 Å². The number of rotatable bonds is 2. The molecule has 0 atom stereocenters. The summed E-state index contributed by atoms with van der Waals surface area (Å²) in [7, 11) is 0. The number of halogens is 3. The molecule has 1 aromatic carbocycles. The normalized spacial score (nSPS) is 9.25. The maximum absolute atomic E-state index is 5.43. The molecular weight excluding hydrogens is 305 g/mol. The fraction of sp³-hybridized carbons (Fsp3) is 0.250. The molecule has 0 aliphatic carbocycles. The van der Waals surface area contributed by atoms with Gasteiger partial charge in [0, 0.05) is 8.95 Å². The molecule has 0 saturated carbocycles. The molecule has 0 heterocycles. The first-order valence-corrected chi connectivity index (χ1v) is 4.96. The molecule has 4 heteroatoms. The van der Waals surface area contributed by atoms with Crippen LogP contribution in [0, 0.1) is 0 Å². The molecular formula is C8H10Br2ClN. The van der Waals surface area contributed by atoms with Crippen LogP contribution < -0.4 is 5.73 Å². The predicted molar refractivity (Wildman–Crippen MR) is 61.8 cm³/mol. The lowest BCUT2D eigenvalue weighted by Gasteiger charge is -2.00. The lowest BCUT2D eigenvalue weighted by molar-refractivity contribution is 0.967. The molecule has 0 unspecified atom stereocenters. The summed E-state index contributed by atoms with van der Waals surface area (Å²) in [5.74, 6) is 0. The minimum Gasteiger partial charge on any atom is -0.330 e. The van der Waals surface area contributed by atoms with Crippen molar-refractivity contribution in [2.24, 2.45) is 5.73 Å². The van der Waals surface area contributed by atoms with Crippen LogP contribution in [-0.2, 0) is 6.42 Å². The van der Waals surface area contributed by atoms with Gasteiger partial charge < -0.3 is 5.73 Å². The minimum atomic E-state index is 0. The van der Waals surface area contributed by atoms with E-state index in [4.69, 9.17) is 5.73 Å². The third-order valence-corrected chi connectivity index (χ3v) is 2.27. The summed E-state index contributed by atoms with van der Waals surface area (Å²) in [5.41, 5.74) is 6.69. The van der Waals surface area contributed by atoms with E-state index in [-0.39, 0.29) is 12.4 Å². The van der Waals surface area contributed by atoms with Gasteiger partial charge in [-0.3, -0.25) is 0 Å². The van der Waals surface area contributed by atoms with E-state index in [1.54, 1.807) is 0 Å². The maximum atomic E-state index is 5.43. The van der Waals surface area contributed by atoms with Crippen LogP contribution in [0.15, 0.2) is 27.1 Å².